The van der Waals surface area contributed by atoms with Gasteiger partial charge in [-0.25, -0.2) is 0 Å². The Labute approximate surface area is 148 Å². The van der Waals surface area contributed by atoms with Crippen molar-refractivity contribution < 1.29 is 14.1 Å². The van der Waals surface area contributed by atoms with Crippen molar-refractivity contribution in [2.75, 3.05) is 0 Å². The van der Waals surface area contributed by atoms with Crippen LogP contribution in [0.25, 0.3) is 0 Å². The minimum absolute atomic E-state index is 0.162. The Bertz CT molecular complexity index is 718. The van der Waals surface area contributed by atoms with Crippen LogP contribution in [-0.4, -0.2) is 22.2 Å². The maximum atomic E-state index is 12.7. The van der Waals surface area contributed by atoms with Gasteiger partial charge in [0.2, 0.25) is 5.89 Å². The van der Waals surface area contributed by atoms with Crippen molar-refractivity contribution >= 4 is 5.91 Å². The number of amides is 1. The van der Waals surface area contributed by atoms with Crippen LogP contribution in [0.5, 0.6) is 5.75 Å². The Morgan fingerprint density at radius 2 is 1.88 bits per heavy atom. The van der Waals surface area contributed by atoms with Crippen LogP contribution in [0.3, 0.4) is 0 Å². The second-order valence-electron chi connectivity index (χ2n) is 6.84. The molecule has 3 rings (SSSR count). The molecule has 0 saturated heterocycles. The van der Waals surface area contributed by atoms with Crippen molar-refractivity contribution in [3.8, 4) is 5.75 Å². The second kappa shape index (κ2) is 7.25. The molecule has 1 saturated carbocycles. The third-order valence-corrected chi connectivity index (χ3v) is 4.73. The molecule has 0 aliphatic heterocycles. The number of aryl methyl sites for hydroxylation is 2. The van der Waals surface area contributed by atoms with Crippen LogP contribution in [0.1, 0.15) is 56.3 Å². The molecule has 1 heterocycles. The van der Waals surface area contributed by atoms with E-state index in [1.807, 2.05) is 31.2 Å². The molecule has 0 bridgehead atoms. The fraction of sp³-hybridized carbons (Fsp3) is 0.526. The number of hydrogen-bond donors (Lipinski definition) is 1. The van der Waals surface area contributed by atoms with E-state index in [2.05, 4.69) is 15.5 Å². The zero-order chi connectivity index (χ0) is 17.9. The average molecular weight is 343 g/mol. The molecule has 1 aliphatic rings. The summed E-state index contributed by atoms with van der Waals surface area (Å²) >= 11 is 0. The van der Waals surface area contributed by atoms with E-state index in [1.165, 1.54) is 0 Å². The SMILES string of the molecule is Cc1ccc(OC(C)C(=O)NC2(c3noc(C)n3)CCCCC2)cc1. The number of nitrogens with one attached hydrogen (secondary N) is 1. The van der Waals surface area contributed by atoms with Gasteiger partial charge in [-0.05, 0) is 38.8 Å². The van der Waals surface area contributed by atoms with E-state index in [1.54, 1.807) is 13.8 Å². The normalized spacial score (nSPS) is 17.7. The van der Waals surface area contributed by atoms with Gasteiger partial charge in [0.05, 0.1) is 0 Å². The van der Waals surface area contributed by atoms with E-state index in [-0.39, 0.29) is 5.91 Å². The van der Waals surface area contributed by atoms with Crippen LogP contribution in [-0.2, 0) is 10.3 Å². The van der Waals surface area contributed by atoms with Gasteiger partial charge < -0.3 is 14.6 Å². The van der Waals surface area contributed by atoms with Crippen LogP contribution >= 0.6 is 0 Å². The molecule has 2 aromatic rings. The van der Waals surface area contributed by atoms with Gasteiger partial charge in [0, 0.05) is 6.92 Å². The van der Waals surface area contributed by atoms with Gasteiger partial charge in [0.1, 0.15) is 11.3 Å². The summed E-state index contributed by atoms with van der Waals surface area (Å²) < 4.78 is 10.9. The Balaban J connectivity index is 1.72. The largest absolute Gasteiger partial charge is 0.481 e. The van der Waals surface area contributed by atoms with Gasteiger partial charge in [-0.1, -0.05) is 42.1 Å². The van der Waals surface area contributed by atoms with E-state index in [0.717, 1.165) is 37.7 Å². The molecule has 1 amide bonds. The molecule has 1 unspecified atom stereocenters. The smallest absolute Gasteiger partial charge is 0.261 e. The van der Waals surface area contributed by atoms with Crippen LogP contribution in [0.4, 0.5) is 0 Å². The number of aromatic nitrogens is 2. The monoisotopic (exact) mass is 343 g/mol. The first kappa shape index (κ1) is 17.5. The molecule has 134 valence electrons. The first-order chi connectivity index (χ1) is 12.0. The fourth-order valence-electron chi connectivity index (χ4n) is 3.27. The highest BCUT2D eigenvalue weighted by atomic mass is 16.5. The highest BCUT2D eigenvalue weighted by molar-refractivity contribution is 5.81. The van der Waals surface area contributed by atoms with Gasteiger partial charge in [0.25, 0.3) is 5.91 Å². The molecule has 1 N–H and O–H groups in total. The highest BCUT2D eigenvalue weighted by Crippen LogP contribution is 2.35. The number of carbonyl (C=O) groups is 1. The second-order valence-corrected chi connectivity index (χ2v) is 6.84. The Morgan fingerprint density at radius 3 is 2.48 bits per heavy atom. The lowest BCUT2D eigenvalue weighted by Gasteiger charge is -2.36. The van der Waals surface area contributed by atoms with Crippen molar-refractivity contribution in [2.45, 2.75) is 64.5 Å². The van der Waals surface area contributed by atoms with Crippen LogP contribution in [0.2, 0.25) is 0 Å². The number of carbonyl (C=O) groups excluding carboxylic acids is 1. The topological polar surface area (TPSA) is 77.2 Å². The number of ether oxygens (including phenoxy) is 1. The Morgan fingerprint density at radius 1 is 1.20 bits per heavy atom. The summed E-state index contributed by atoms with van der Waals surface area (Å²) in [6.45, 7) is 5.53. The molecule has 1 aliphatic carbocycles. The maximum Gasteiger partial charge on any atom is 0.261 e. The first-order valence-electron chi connectivity index (χ1n) is 8.85. The lowest BCUT2D eigenvalue weighted by molar-refractivity contribution is -0.130. The minimum atomic E-state index is -0.602. The standard InChI is InChI=1S/C19H25N3O3/c1-13-7-9-16(10-8-13)24-14(2)17(23)21-19(11-5-4-6-12-19)18-20-15(3)25-22-18/h7-10,14H,4-6,11-12H2,1-3H3,(H,21,23). The lowest BCUT2D eigenvalue weighted by atomic mass is 9.81. The van der Waals surface area contributed by atoms with E-state index < -0.39 is 11.6 Å². The predicted octanol–water partition coefficient (Wildman–Crippen LogP) is 3.43. The maximum absolute atomic E-state index is 12.7. The molecule has 0 spiro atoms. The van der Waals surface area contributed by atoms with Crippen molar-refractivity contribution in [1.29, 1.82) is 0 Å². The summed E-state index contributed by atoms with van der Waals surface area (Å²) in [5.74, 6) is 1.60. The molecule has 1 atom stereocenters. The van der Waals surface area contributed by atoms with Gasteiger partial charge in [0.15, 0.2) is 11.9 Å². The van der Waals surface area contributed by atoms with Gasteiger partial charge >= 0.3 is 0 Å². The van der Waals surface area contributed by atoms with E-state index in [0.29, 0.717) is 17.5 Å². The summed E-state index contributed by atoms with van der Waals surface area (Å²) in [6.07, 6.45) is 4.24. The van der Waals surface area contributed by atoms with Gasteiger partial charge in [-0.15, -0.1) is 0 Å². The molecular formula is C19H25N3O3. The lowest BCUT2D eigenvalue weighted by Crippen LogP contribution is -2.51. The average Bonchev–Trinajstić information content (AvgIpc) is 3.05. The van der Waals surface area contributed by atoms with Crippen molar-refractivity contribution in [3.63, 3.8) is 0 Å². The molecular weight excluding hydrogens is 318 g/mol. The van der Waals surface area contributed by atoms with E-state index in [9.17, 15) is 4.79 Å². The van der Waals surface area contributed by atoms with Crippen molar-refractivity contribution in [3.05, 3.63) is 41.5 Å². The molecule has 1 aromatic heterocycles. The highest BCUT2D eigenvalue weighted by Gasteiger charge is 2.40. The van der Waals surface area contributed by atoms with Crippen LogP contribution in [0, 0.1) is 13.8 Å². The zero-order valence-corrected chi connectivity index (χ0v) is 15.0. The summed E-state index contributed by atoms with van der Waals surface area (Å²) in [4.78, 5) is 17.1. The van der Waals surface area contributed by atoms with Crippen molar-refractivity contribution in [1.82, 2.24) is 15.5 Å². The number of rotatable bonds is 5. The van der Waals surface area contributed by atoms with E-state index >= 15 is 0 Å². The zero-order valence-electron chi connectivity index (χ0n) is 15.0. The molecule has 1 fully saturated rings. The third-order valence-electron chi connectivity index (χ3n) is 4.73. The molecule has 0 radical (unpaired) electrons. The first-order valence-corrected chi connectivity index (χ1v) is 8.85. The Kier molecular flexibility index (Phi) is 5.06. The van der Waals surface area contributed by atoms with Gasteiger partial charge in [-0.2, -0.15) is 4.98 Å². The molecule has 25 heavy (non-hydrogen) atoms. The molecule has 6 heteroatoms. The van der Waals surface area contributed by atoms with Crippen molar-refractivity contribution in [2.24, 2.45) is 0 Å². The molecule has 6 nitrogen and oxygen atoms in total. The number of hydrogen-bond acceptors (Lipinski definition) is 5. The summed E-state index contributed by atoms with van der Waals surface area (Å²) in [5, 5.41) is 7.22. The molecule has 1 aromatic carbocycles. The van der Waals surface area contributed by atoms with Crippen LogP contribution in [0.15, 0.2) is 28.8 Å². The summed E-state index contributed by atoms with van der Waals surface area (Å²) in [7, 11) is 0. The van der Waals surface area contributed by atoms with Gasteiger partial charge in [-0.3, -0.25) is 4.79 Å². The fourth-order valence-corrected chi connectivity index (χ4v) is 3.27. The number of benzene rings is 1. The summed E-state index contributed by atoms with van der Waals surface area (Å²) in [6, 6.07) is 7.67. The third kappa shape index (κ3) is 4.00. The quantitative estimate of drug-likeness (QED) is 0.900. The Hall–Kier alpha value is -2.37. The summed E-state index contributed by atoms with van der Waals surface area (Å²) in [5.41, 5.74) is 0.593. The van der Waals surface area contributed by atoms with E-state index in [4.69, 9.17) is 9.26 Å². The minimum Gasteiger partial charge on any atom is -0.481 e. The van der Waals surface area contributed by atoms with Crippen LogP contribution < -0.4 is 10.1 Å². The number of nitrogens with zero attached hydrogens (tertiary/aromatic N) is 2. The predicted molar refractivity (Wildman–Crippen MR) is 93.2 cm³/mol.